The summed E-state index contributed by atoms with van der Waals surface area (Å²) in [7, 11) is 0. The number of carbonyl (C=O) groups is 1. The third-order valence-corrected chi connectivity index (χ3v) is 2.58. The van der Waals surface area contributed by atoms with Gasteiger partial charge in [-0.3, -0.25) is 0 Å². The molecule has 0 heterocycles. The zero-order chi connectivity index (χ0) is 14.7. The fourth-order valence-electron chi connectivity index (χ4n) is 1.60. The summed E-state index contributed by atoms with van der Waals surface area (Å²) in [6.07, 6.45) is 0. The molecule has 100 valence electrons. The molecule has 0 unspecified atom stereocenters. The highest BCUT2D eigenvalue weighted by atomic mass is 19.1. The number of hydrogen-bond donors (Lipinski definition) is 2. The van der Waals surface area contributed by atoms with Gasteiger partial charge in [-0.2, -0.15) is 5.26 Å². The van der Waals surface area contributed by atoms with Crippen LogP contribution in [0.15, 0.2) is 36.4 Å². The Bertz CT molecular complexity index is 706. The van der Waals surface area contributed by atoms with Crippen molar-refractivity contribution in [3.05, 3.63) is 53.3 Å². The summed E-state index contributed by atoms with van der Waals surface area (Å²) in [5, 5.41) is 17.7. The van der Waals surface area contributed by atoms with E-state index in [1.54, 1.807) is 0 Å². The molecule has 0 atom stereocenters. The average molecular weight is 272 g/mol. The lowest BCUT2D eigenvalue weighted by Gasteiger charge is -2.11. The van der Waals surface area contributed by atoms with E-state index in [0.717, 1.165) is 6.07 Å². The Hall–Kier alpha value is -3.07. The minimum Gasteiger partial charge on any atom is -0.477 e. The number of ether oxygens (including phenoxy) is 1. The van der Waals surface area contributed by atoms with Gasteiger partial charge >= 0.3 is 5.97 Å². The van der Waals surface area contributed by atoms with Crippen molar-refractivity contribution in [2.75, 3.05) is 5.73 Å². The van der Waals surface area contributed by atoms with Crippen LogP contribution in [-0.2, 0) is 0 Å². The van der Waals surface area contributed by atoms with Gasteiger partial charge in [0.05, 0.1) is 17.3 Å². The molecule has 6 heteroatoms. The van der Waals surface area contributed by atoms with Crippen LogP contribution in [0.5, 0.6) is 11.5 Å². The highest BCUT2D eigenvalue weighted by molar-refractivity contribution is 5.97. The van der Waals surface area contributed by atoms with Gasteiger partial charge in [-0.25, -0.2) is 9.18 Å². The summed E-state index contributed by atoms with van der Waals surface area (Å²) in [4.78, 5) is 11.1. The molecule has 0 aliphatic carbocycles. The van der Waals surface area contributed by atoms with Crippen LogP contribution in [0.3, 0.4) is 0 Å². The van der Waals surface area contributed by atoms with E-state index in [0.29, 0.717) is 11.3 Å². The third-order valence-electron chi connectivity index (χ3n) is 2.58. The van der Waals surface area contributed by atoms with Gasteiger partial charge < -0.3 is 15.6 Å². The van der Waals surface area contributed by atoms with Crippen LogP contribution in [0.2, 0.25) is 0 Å². The molecule has 2 aromatic carbocycles. The molecular weight excluding hydrogens is 263 g/mol. The number of aromatic carboxylic acids is 1. The molecule has 2 aromatic rings. The minimum absolute atomic E-state index is 0.0684. The number of nitrogens with two attached hydrogens (primary N) is 1. The van der Waals surface area contributed by atoms with Crippen molar-refractivity contribution in [3.63, 3.8) is 0 Å². The highest BCUT2D eigenvalue weighted by Gasteiger charge is 2.19. The summed E-state index contributed by atoms with van der Waals surface area (Å²) in [5.41, 5.74) is 4.93. The van der Waals surface area contributed by atoms with E-state index in [1.165, 1.54) is 30.3 Å². The maximum absolute atomic E-state index is 13.3. The van der Waals surface area contributed by atoms with Crippen LogP contribution < -0.4 is 10.5 Å². The van der Waals surface area contributed by atoms with Crippen LogP contribution >= 0.6 is 0 Å². The number of nitriles is 1. The largest absolute Gasteiger partial charge is 0.477 e. The lowest BCUT2D eigenvalue weighted by Crippen LogP contribution is -2.07. The van der Waals surface area contributed by atoms with Crippen LogP contribution in [0.25, 0.3) is 0 Å². The van der Waals surface area contributed by atoms with Gasteiger partial charge in [0.25, 0.3) is 0 Å². The predicted molar refractivity (Wildman–Crippen MR) is 69.0 cm³/mol. The normalized spacial score (nSPS) is 9.80. The summed E-state index contributed by atoms with van der Waals surface area (Å²) in [5.74, 6) is -1.96. The molecule has 0 spiro atoms. The fraction of sp³-hybridized carbons (Fsp3) is 0. The van der Waals surface area contributed by atoms with Crippen LogP contribution in [0.4, 0.5) is 10.1 Å². The number of benzene rings is 2. The number of anilines is 1. The summed E-state index contributed by atoms with van der Waals surface area (Å²) >= 11 is 0. The molecule has 2 rings (SSSR count). The first kappa shape index (κ1) is 13.4. The van der Waals surface area contributed by atoms with Crippen LogP contribution in [0.1, 0.15) is 15.9 Å². The Balaban J connectivity index is 2.40. The van der Waals surface area contributed by atoms with Gasteiger partial charge in [-0.05, 0) is 36.4 Å². The molecule has 0 aromatic heterocycles. The van der Waals surface area contributed by atoms with Gasteiger partial charge in [0, 0.05) is 0 Å². The molecule has 0 aliphatic heterocycles. The third kappa shape index (κ3) is 2.52. The molecular formula is C14H9FN2O3. The van der Waals surface area contributed by atoms with E-state index in [1.807, 2.05) is 6.07 Å². The first-order chi connectivity index (χ1) is 9.52. The Kier molecular flexibility index (Phi) is 3.53. The maximum Gasteiger partial charge on any atom is 0.341 e. The number of carboxylic acid groups (broad SMARTS) is 1. The van der Waals surface area contributed by atoms with Gasteiger partial charge in [-0.1, -0.05) is 0 Å². The molecule has 5 nitrogen and oxygen atoms in total. The molecule has 0 saturated carbocycles. The molecule has 0 saturated heterocycles. The maximum atomic E-state index is 13.3. The van der Waals surface area contributed by atoms with Crippen molar-refractivity contribution < 1.29 is 19.0 Å². The fourth-order valence-corrected chi connectivity index (χ4v) is 1.60. The topological polar surface area (TPSA) is 96.3 Å². The van der Waals surface area contributed by atoms with Crippen LogP contribution in [0, 0.1) is 17.1 Å². The van der Waals surface area contributed by atoms with Gasteiger partial charge in [0.1, 0.15) is 22.9 Å². The summed E-state index contributed by atoms with van der Waals surface area (Å²) < 4.78 is 18.6. The van der Waals surface area contributed by atoms with E-state index in [4.69, 9.17) is 20.8 Å². The van der Waals surface area contributed by atoms with Crippen molar-refractivity contribution in [3.8, 4) is 17.6 Å². The Labute approximate surface area is 113 Å². The second-order valence-corrected chi connectivity index (χ2v) is 3.88. The number of nitrogens with zero attached hydrogens (tertiary/aromatic N) is 1. The molecule has 0 bridgehead atoms. The molecule has 0 fully saturated rings. The summed E-state index contributed by atoms with van der Waals surface area (Å²) in [6, 6.07) is 10.2. The lowest BCUT2D eigenvalue weighted by atomic mass is 10.1. The van der Waals surface area contributed by atoms with E-state index in [-0.39, 0.29) is 5.75 Å². The molecule has 20 heavy (non-hydrogen) atoms. The molecule has 0 radical (unpaired) electrons. The first-order valence-electron chi connectivity index (χ1n) is 5.52. The van der Waals surface area contributed by atoms with E-state index in [9.17, 15) is 9.18 Å². The minimum atomic E-state index is -1.38. The second kappa shape index (κ2) is 5.28. The second-order valence-electron chi connectivity index (χ2n) is 3.88. The Morgan fingerprint density at radius 3 is 2.45 bits per heavy atom. The van der Waals surface area contributed by atoms with Crippen molar-refractivity contribution in [1.29, 1.82) is 5.26 Å². The van der Waals surface area contributed by atoms with Gasteiger partial charge in [-0.15, -0.1) is 0 Å². The van der Waals surface area contributed by atoms with Crippen molar-refractivity contribution in [2.24, 2.45) is 0 Å². The van der Waals surface area contributed by atoms with Crippen molar-refractivity contribution >= 4 is 11.7 Å². The number of carboxylic acids is 1. The van der Waals surface area contributed by atoms with Gasteiger partial charge in [0.15, 0.2) is 0 Å². The first-order valence-corrected chi connectivity index (χ1v) is 5.52. The van der Waals surface area contributed by atoms with E-state index < -0.39 is 23.0 Å². The Morgan fingerprint density at radius 2 is 1.90 bits per heavy atom. The number of hydrogen-bond acceptors (Lipinski definition) is 4. The SMILES string of the molecule is N#Cc1ccc(Oc2ccc(F)c(N)c2C(=O)O)cc1. The quantitative estimate of drug-likeness (QED) is 0.837. The predicted octanol–water partition coefficient (Wildman–Crippen LogP) is 2.77. The monoisotopic (exact) mass is 272 g/mol. The van der Waals surface area contributed by atoms with Gasteiger partial charge in [0.2, 0.25) is 0 Å². The standard InChI is InChI=1S/C14H9FN2O3/c15-10-5-6-11(12(13(10)17)14(18)19)20-9-3-1-8(7-16)2-4-9/h1-6H,17H2,(H,18,19). The lowest BCUT2D eigenvalue weighted by molar-refractivity contribution is 0.0695. The van der Waals surface area contributed by atoms with E-state index >= 15 is 0 Å². The van der Waals surface area contributed by atoms with Crippen molar-refractivity contribution in [2.45, 2.75) is 0 Å². The smallest absolute Gasteiger partial charge is 0.341 e. The number of rotatable bonds is 3. The van der Waals surface area contributed by atoms with Crippen LogP contribution in [-0.4, -0.2) is 11.1 Å². The molecule has 3 N–H and O–H groups in total. The highest BCUT2D eigenvalue weighted by Crippen LogP contribution is 2.31. The van der Waals surface area contributed by atoms with E-state index in [2.05, 4.69) is 0 Å². The summed E-state index contributed by atoms with van der Waals surface area (Å²) in [6.45, 7) is 0. The number of nitrogen functional groups attached to an aromatic ring is 1. The van der Waals surface area contributed by atoms with Crippen molar-refractivity contribution in [1.82, 2.24) is 0 Å². The zero-order valence-corrected chi connectivity index (χ0v) is 10.1. The Morgan fingerprint density at radius 1 is 1.25 bits per heavy atom. The molecule has 0 amide bonds. The molecule has 0 aliphatic rings. The zero-order valence-electron chi connectivity index (χ0n) is 10.1. The average Bonchev–Trinajstić information content (AvgIpc) is 2.43. The number of halogens is 1.